The number of benzene rings is 1. The van der Waals surface area contributed by atoms with Crippen molar-refractivity contribution in [1.29, 1.82) is 5.26 Å². The highest BCUT2D eigenvalue weighted by Crippen LogP contribution is 2.22. The first-order valence-corrected chi connectivity index (χ1v) is 5.33. The highest BCUT2D eigenvalue weighted by molar-refractivity contribution is 6.32. The van der Waals surface area contributed by atoms with E-state index in [-0.39, 0.29) is 29.2 Å². The molecule has 17 heavy (non-hydrogen) atoms. The first-order chi connectivity index (χ1) is 8.12. The number of hydrogen-bond acceptors (Lipinski definition) is 4. The van der Waals surface area contributed by atoms with Crippen molar-refractivity contribution in [3.8, 4) is 6.07 Å². The number of aldehydes is 1. The monoisotopic (exact) mass is 251 g/mol. The number of carbonyl (C=O) groups excluding carboxylic acids is 2. The maximum absolute atomic E-state index is 11.3. The van der Waals surface area contributed by atoms with Crippen molar-refractivity contribution in [2.24, 2.45) is 0 Å². The molecule has 0 radical (unpaired) electrons. The molecule has 0 fully saturated rings. The quantitative estimate of drug-likeness (QED) is 0.607. The zero-order chi connectivity index (χ0) is 12.8. The van der Waals surface area contributed by atoms with Crippen LogP contribution >= 0.6 is 11.6 Å². The SMILES string of the molecule is CCOC(=O)Cc1c(Cl)cc(C#N)cc1C=O. The third-order valence-corrected chi connectivity index (χ3v) is 2.45. The van der Waals surface area contributed by atoms with Gasteiger partial charge in [0.05, 0.1) is 24.7 Å². The maximum Gasteiger partial charge on any atom is 0.310 e. The van der Waals surface area contributed by atoms with E-state index in [1.165, 1.54) is 12.1 Å². The summed E-state index contributed by atoms with van der Waals surface area (Å²) in [6.07, 6.45) is 0.494. The van der Waals surface area contributed by atoms with E-state index < -0.39 is 5.97 Å². The summed E-state index contributed by atoms with van der Waals surface area (Å²) in [5, 5.41) is 8.94. The predicted molar refractivity (Wildman–Crippen MR) is 61.9 cm³/mol. The fourth-order valence-electron chi connectivity index (χ4n) is 1.37. The Morgan fingerprint density at radius 1 is 1.59 bits per heavy atom. The minimum Gasteiger partial charge on any atom is -0.466 e. The molecule has 1 aromatic rings. The zero-order valence-electron chi connectivity index (χ0n) is 9.20. The van der Waals surface area contributed by atoms with Gasteiger partial charge in [0.15, 0.2) is 0 Å². The smallest absolute Gasteiger partial charge is 0.310 e. The molecule has 0 aliphatic carbocycles. The van der Waals surface area contributed by atoms with Crippen LogP contribution in [0.1, 0.15) is 28.4 Å². The van der Waals surface area contributed by atoms with Crippen LogP contribution in [0.2, 0.25) is 5.02 Å². The Balaban J connectivity index is 3.11. The average molecular weight is 252 g/mol. The van der Waals surface area contributed by atoms with E-state index in [9.17, 15) is 9.59 Å². The van der Waals surface area contributed by atoms with E-state index in [1.807, 2.05) is 6.07 Å². The third kappa shape index (κ3) is 3.30. The normalized spacial score (nSPS) is 9.47. The largest absolute Gasteiger partial charge is 0.466 e. The third-order valence-electron chi connectivity index (χ3n) is 2.11. The molecule has 0 N–H and O–H groups in total. The van der Waals surface area contributed by atoms with Gasteiger partial charge < -0.3 is 4.74 Å². The van der Waals surface area contributed by atoms with Crippen LogP contribution in [0.15, 0.2) is 12.1 Å². The number of hydrogen-bond donors (Lipinski definition) is 0. The van der Waals surface area contributed by atoms with Crippen molar-refractivity contribution in [3.63, 3.8) is 0 Å². The molecule has 0 aliphatic heterocycles. The summed E-state index contributed by atoms with van der Waals surface area (Å²) in [6, 6.07) is 4.70. The Hall–Kier alpha value is -1.86. The molecule has 1 aromatic carbocycles. The van der Waals surface area contributed by atoms with Crippen molar-refractivity contribution >= 4 is 23.9 Å². The Labute approximate surface area is 104 Å². The highest BCUT2D eigenvalue weighted by Gasteiger charge is 2.13. The Bertz CT molecular complexity index is 491. The summed E-state index contributed by atoms with van der Waals surface area (Å²) < 4.78 is 4.78. The van der Waals surface area contributed by atoms with E-state index >= 15 is 0 Å². The number of halogens is 1. The number of nitriles is 1. The lowest BCUT2D eigenvalue weighted by Crippen LogP contribution is -2.10. The van der Waals surface area contributed by atoms with Gasteiger partial charge in [0, 0.05) is 10.6 Å². The molecule has 0 spiro atoms. The summed E-state index contributed by atoms with van der Waals surface area (Å²) in [6.45, 7) is 1.96. The molecule has 0 atom stereocenters. The summed E-state index contributed by atoms with van der Waals surface area (Å²) in [4.78, 5) is 22.2. The van der Waals surface area contributed by atoms with Gasteiger partial charge >= 0.3 is 5.97 Å². The van der Waals surface area contributed by atoms with Gasteiger partial charge in [-0.05, 0) is 24.6 Å². The summed E-state index contributed by atoms with van der Waals surface area (Å²) in [5.41, 5.74) is 0.908. The van der Waals surface area contributed by atoms with Gasteiger partial charge in [-0.3, -0.25) is 9.59 Å². The first kappa shape index (κ1) is 13.2. The maximum atomic E-state index is 11.3. The molecule has 0 aromatic heterocycles. The number of ether oxygens (including phenoxy) is 1. The van der Waals surface area contributed by atoms with Gasteiger partial charge in [-0.15, -0.1) is 0 Å². The van der Waals surface area contributed by atoms with Crippen LogP contribution in [-0.2, 0) is 16.0 Å². The van der Waals surface area contributed by atoms with Crippen LogP contribution in [0.5, 0.6) is 0 Å². The average Bonchev–Trinajstić information content (AvgIpc) is 2.31. The number of esters is 1. The Morgan fingerprint density at radius 2 is 2.29 bits per heavy atom. The molecular formula is C12H10ClNO3. The van der Waals surface area contributed by atoms with Crippen molar-refractivity contribution < 1.29 is 14.3 Å². The van der Waals surface area contributed by atoms with Crippen LogP contribution in [-0.4, -0.2) is 18.9 Å². The molecule has 1 rings (SSSR count). The number of carbonyl (C=O) groups is 2. The van der Waals surface area contributed by atoms with Gasteiger partial charge in [-0.1, -0.05) is 11.6 Å². The second-order valence-corrected chi connectivity index (χ2v) is 3.64. The summed E-state index contributed by atoms with van der Waals surface area (Å²) >= 11 is 5.92. The molecule has 0 saturated carbocycles. The van der Waals surface area contributed by atoms with Crippen LogP contribution in [0, 0.1) is 11.3 Å². The van der Waals surface area contributed by atoms with Crippen LogP contribution < -0.4 is 0 Å². The lowest BCUT2D eigenvalue weighted by atomic mass is 10.0. The van der Waals surface area contributed by atoms with Gasteiger partial charge in [0.1, 0.15) is 6.29 Å². The van der Waals surface area contributed by atoms with Crippen molar-refractivity contribution in [2.45, 2.75) is 13.3 Å². The van der Waals surface area contributed by atoms with Gasteiger partial charge in [-0.2, -0.15) is 5.26 Å². The van der Waals surface area contributed by atoms with Gasteiger partial charge in [-0.25, -0.2) is 0 Å². The molecular weight excluding hydrogens is 242 g/mol. The minimum atomic E-state index is -0.456. The molecule has 0 unspecified atom stereocenters. The topological polar surface area (TPSA) is 67.2 Å². The Kier molecular flexibility index (Phi) is 4.68. The fraction of sp³-hybridized carbons (Fsp3) is 0.250. The Morgan fingerprint density at radius 3 is 2.82 bits per heavy atom. The van der Waals surface area contributed by atoms with E-state index in [1.54, 1.807) is 6.92 Å². The number of nitrogens with zero attached hydrogens (tertiary/aromatic N) is 1. The van der Waals surface area contributed by atoms with E-state index in [4.69, 9.17) is 21.6 Å². The van der Waals surface area contributed by atoms with Gasteiger partial charge in [0.2, 0.25) is 0 Å². The van der Waals surface area contributed by atoms with Crippen LogP contribution in [0.3, 0.4) is 0 Å². The van der Waals surface area contributed by atoms with Crippen LogP contribution in [0.25, 0.3) is 0 Å². The van der Waals surface area contributed by atoms with E-state index in [0.717, 1.165) is 0 Å². The molecule has 0 saturated heterocycles. The van der Waals surface area contributed by atoms with E-state index in [2.05, 4.69) is 0 Å². The molecule has 88 valence electrons. The lowest BCUT2D eigenvalue weighted by molar-refractivity contribution is -0.142. The van der Waals surface area contributed by atoms with Crippen molar-refractivity contribution in [1.82, 2.24) is 0 Å². The lowest BCUT2D eigenvalue weighted by Gasteiger charge is -2.07. The van der Waals surface area contributed by atoms with Crippen molar-refractivity contribution in [2.75, 3.05) is 6.61 Å². The minimum absolute atomic E-state index is 0.0769. The summed E-state index contributed by atoms with van der Waals surface area (Å²) in [5.74, 6) is -0.456. The second kappa shape index (κ2) is 6.02. The van der Waals surface area contributed by atoms with Crippen molar-refractivity contribution in [3.05, 3.63) is 33.8 Å². The fourth-order valence-corrected chi connectivity index (χ4v) is 1.66. The molecule has 0 amide bonds. The molecule has 0 aliphatic rings. The molecule has 4 nitrogen and oxygen atoms in total. The number of rotatable bonds is 4. The molecule has 0 heterocycles. The highest BCUT2D eigenvalue weighted by atomic mass is 35.5. The predicted octanol–water partition coefficient (Wildman–Crippen LogP) is 2.13. The van der Waals surface area contributed by atoms with E-state index in [0.29, 0.717) is 11.8 Å². The first-order valence-electron chi connectivity index (χ1n) is 4.95. The summed E-state index contributed by atoms with van der Waals surface area (Å²) in [7, 11) is 0. The molecule has 5 heteroatoms. The second-order valence-electron chi connectivity index (χ2n) is 3.24. The zero-order valence-corrected chi connectivity index (χ0v) is 9.95. The van der Waals surface area contributed by atoms with Crippen LogP contribution in [0.4, 0.5) is 0 Å². The standard InChI is InChI=1S/C12H10ClNO3/c1-2-17-12(16)5-10-9(7-15)3-8(6-14)4-11(10)13/h3-4,7H,2,5H2,1H3. The molecule has 0 bridgehead atoms. The van der Waals surface area contributed by atoms with Gasteiger partial charge in [0.25, 0.3) is 0 Å².